The first-order chi connectivity index (χ1) is 15.6. The number of pyridine rings is 1. The van der Waals surface area contributed by atoms with Crippen LogP contribution < -0.4 is 10.9 Å². The Kier molecular flexibility index (Phi) is 4.14. The fourth-order valence-corrected chi connectivity index (χ4v) is 4.50. The molecule has 32 heavy (non-hydrogen) atoms. The van der Waals surface area contributed by atoms with Gasteiger partial charge in [-0.3, -0.25) is 9.48 Å². The van der Waals surface area contributed by atoms with E-state index in [0.29, 0.717) is 0 Å². The van der Waals surface area contributed by atoms with Crippen LogP contribution in [0.2, 0.25) is 0 Å². The molecule has 0 amide bonds. The zero-order valence-corrected chi connectivity index (χ0v) is 17.9. The van der Waals surface area contributed by atoms with Gasteiger partial charge >= 0.3 is 0 Å². The molecule has 8 nitrogen and oxygen atoms in total. The number of anilines is 1. The number of rotatable bonds is 5. The second-order valence-electron chi connectivity index (χ2n) is 8.45. The van der Waals surface area contributed by atoms with Crippen molar-refractivity contribution in [2.24, 2.45) is 7.05 Å². The summed E-state index contributed by atoms with van der Waals surface area (Å²) in [6.07, 6.45) is 11.1. The van der Waals surface area contributed by atoms with Crippen LogP contribution in [0.4, 0.5) is 5.69 Å². The molecule has 160 valence electrons. The SMILES string of the molecule is CC(Nc1ccnn2ccnc12)c1cc2cccc(-c3cnn(C)c3)c2c(=O)n1C1CC1. The van der Waals surface area contributed by atoms with Crippen molar-refractivity contribution >= 4 is 22.1 Å². The molecule has 0 bridgehead atoms. The standard InChI is InChI=1S/C24H23N7O/c1-15(28-20-8-9-26-30-11-10-25-23(20)30)21-12-16-4-3-5-19(17-13-27-29(2)14-17)22(16)24(32)31(21)18-6-7-18/h3-5,8-15,18,28H,6-7H2,1-2H3. The fraction of sp³-hybridized carbons (Fsp3) is 0.250. The number of aromatic nitrogens is 6. The molecule has 0 radical (unpaired) electrons. The highest BCUT2D eigenvalue weighted by Gasteiger charge is 2.30. The van der Waals surface area contributed by atoms with Gasteiger partial charge in [0.05, 0.1) is 29.5 Å². The molecule has 0 spiro atoms. The summed E-state index contributed by atoms with van der Waals surface area (Å²) in [5.41, 5.74) is 4.57. The molecule has 1 aromatic carbocycles. The second-order valence-corrected chi connectivity index (χ2v) is 8.45. The van der Waals surface area contributed by atoms with Gasteiger partial charge in [-0.25, -0.2) is 9.50 Å². The molecule has 4 aromatic heterocycles. The number of hydrogen-bond acceptors (Lipinski definition) is 5. The van der Waals surface area contributed by atoms with E-state index in [4.69, 9.17) is 0 Å². The molecule has 1 fully saturated rings. The first-order valence-electron chi connectivity index (χ1n) is 10.8. The van der Waals surface area contributed by atoms with Crippen molar-refractivity contribution in [1.82, 2.24) is 28.9 Å². The van der Waals surface area contributed by atoms with Gasteiger partial charge in [-0.2, -0.15) is 10.2 Å². The lowest BCUT2D eigenvalue weighted by molar-refractivity contribution is 0.637. The first kappa shape index (κ1) is 18.8. The Balaban J connectivity index is 1.51. The first-order valence-corrected chi connectivity index (χ1v) is 10.8. The van der Waals surface area contributed by atoms with E-state index >= 15 is 0 Å². The van der Waals surface area contributed by atoms with Crippen LogP contribution in [0.3, 0.4) is 0 Å². The molecular formula is C24H23N7O. The summed E-state index contributed by atoms with van der Waals surface area (Å²) in [6.45, 7) is 2.09. The van der Waals surface area contributed by atoms with Crippen LogP contribution in [-0.2, 0) is 7.05 Å². The third kappa shape index (κ3) is 2.98. The number of hydrogen-bond donors (Lipinski definition) is 1. The Morgan fingerprint density at radius 2 is 2.03 bits per heavy atom. The zero-order chi connectivity index (χ0) is 21.8. The molecule has 1 atom stereocenters. The number of fused-ring (bicyclic) bond motifs is 2. The van der Waals surface area contributed by atoms with E-state index in [1.807, 2.05) is 54.5 Å². The van der Waals surface area contributed by atoms with E-state index in [-0.39, 0.29) is 17.6 Å². The Labute approximate surface area is 184 Å². The lowest BCUT2D eigenvalue weighted by Crippen LogP contribution is -2.26. The van der Waals surface area contributed by atoms with Crippen molar-refractivity contribution in [3.8, 4) is 11.1 Å². The predicted octanol–water partition coefficient (Wildman–Crippen LogP) is 3.95. The van der Waals surface area contributed by atoms with E-state index in [0.717, 1.165) is 51.8 Å². The normalized spacial score (nSPS) is 14.8. The van der Waals surface area contributed by atoms with Crippen molar-refractivity contribution in [3.63, 3.8) is 0 Å². The predicted molar refractivity (Wildman–Crippen MR) is 124 cm³/mol. The molecule has 1 N–H and O–H groups in total. The van der Waals surface area contributed by atoms with E-state index in [1.165, 1.54) is 0 Å². The molecule has 8 heteroatoms. The number of nitrogens with one attached hydrogen (secondary N) is 1. The lowest BCUT2D eigenvalue weighted by Gasteiger charge is -2.22. The fourth-order valence-electron chi connectivity index (χ4n) is 4.50. The topological polar surface area (TPSA) is 82.0 Å². The van der Waals surface area contributed by atoms with Crippen LogP contribution in [-0.4, -0.2) is 28.9 Å². The lowest BCUT2D eigenvalue weighted by atomic mass is 10.00. The van der Waals surface area contributed by atoms with Gasteiger partial charge < -0.3 is 9.88 Å². The van der Waals surface area contributed by atoms with Crippen LogP contribution in [0.15, 0.2) is 66.1 Å². The van der Waals surface area contributed by atoms with E-state index in [2.05, 4.69) is 33.5 Å². The van der Waals surface area contributed by atoms with Crippen LogP contribution in [0, 0.1) is 0 Å². The van der Waals surface area contributed by atoms with E-state index in [9.17, 15) is 4.79 Å². The van der Waals surface area contributed by atoms with Gasteiger partial charge in [-0.1, -0.05) is 18.2 Å². The molecular weight excluding hydrogens is 402 g/mol. The highest BCUT2D eigenvalue weighted by atomic mass is 16.1. The molecule has 0 saturated heterocycles. The molecule has 6 rings (SSSR count). The van der Waals surface area contributed by atoms with Crippen LogP contribution in [0.1, 0.15) is 37.5 Å². The Morgan fingerprint density at radius 3 is 2.81 bits per heavy atom. The Morgan fingerprint density at radius 1 is 1.16 bits per heavy atom. The van der Waals surface area contributed by atoms with Gasteiger partial charge in [-0.15, -0.1) is 0 Å². The number of nitrogens with zero attached hydrogens (tertiary/aromatic N) is 6. The molecule has 1 saturated carbocycles. The minimum atomic E-state index is -0.0855. The minimum absolute atomic E-state index is 0.0637. The van der Waals surface area contributed by atoms with Gasteiger partial charge in [0.15, 0.2) is 5.65 Å². The maximum atomic E-state index is 13.8. The number of aryl methyl sites for hydroxylation is 1. The molecule has 1 unspecified atom stereocenters. The molecule has 0 aliphatic heterocycles. The van der Waals surface area contributed by atoms with Gasteiger partial charge in [0, 0.05) is 42.9 Å². The summed E-state index contributed by atoms with van der Waals surface area (Å²) in [5.74, 6) is 0. The van der Waals surface area contributed by atoms with Crippen LogP contribution in [0.25, 0.3) is 27.5 Å². The largest absolute Gasteiger partial charge is 0.374 e. The second kappa shape index (κ2) is 7.05. The van der Waals surface area contributed by atoms with Gasteiger partial charge in [0.1, 0.15) is 0 Å². The van der Waals surface area contributed by atoms with Gasteiger partial charge in [0.25, 0.3) is 5.56 Å². The third-order valence-corrected chi connectivity index (χ3v) is 6.15. The average molecular weight is 425 g/mol. The highest BCUT2D eigenvalue weighted by Crippen LogP contribution is 2.38. The number of imidazole rings is 1. The van der Waals surface area contributed by atoms with E-state index in [1.54, 1.807) is 21.6 Å². The molecule has 1 aliphatic carbocycles. The summed E-state index contributed by atoms with van der Waals surface area (Å²) >= 11 is 0. The smallest absolute Gasteiger partial charge is 0.259 e. The van der Waals surface area contributed by atoms with E-state index < -0.39 is 0 Å². The average Bonchev–Trinajstić information content (AvgIpc) is 3.33. The monoisotopic (exact) mass is 425 g/mol. The quantitative estimate of drug-likeness (QED) is 0.461. The molecule has 5 aromatic rings. The summed E-state index contributed by atoms with van der Waals surface area (Å²) < 4.78 is 5.49. The van der Waals surface area contributed by atoms with Crippen LogP contribution in [0.5, 0.6) is 0 Å². The maximum absolute atomic E-state index is 13.8. The summed E-state index contributed by atoms with van der Waals surface area (Å²) in [6, 6.07) is 10.3. The highest BCUT2D eigenvalue weighted by molar-refractivity contribution is 5.96. The van der Waals surface area contributed by atoms with Crippen molar-refractivity contribution in [3.05, 3.63) is 77.4 Å². The summed E-state index contributed by atoms with van der Waals surface area (Å²) in [4.78, 5) is 18.3. The molecule has 4 heterocycles. The summed E-state index contributed by atoms with van der Waals surface area (Å²) in [7, 11) is 1.89. The number of benzene rings is 1. The van der Waals surface area contributed by atoms with Crippen molar-refractivity contribution < 1.29 is 0 Å². The zero-order valence-electron chi connectivity index (χ0n) is 17.9. The Hall–Kier alpha value is -3.94. The Bertz CT molecular complexity index is 1520. The molecule has 1 aliphatic rings. The van der Waals surface area contributed by atoms with Gasteiger partial charge in [-0.05, 0) is 42.8 Å². The summed E-state index contributed by atoms with van der Waals surface area (Å²) in [5, 5.41) is 13.8. The van der Waals surface area contributed by atoms with Crippen molar-refractivity contribution in [2.45, 2.75) is 31.8 Å². The third-order valence-electron chi connectivity index (χ3n) is 6.15. The van der Waals surface area contributed by atoms with Crippen molar-refractivity contribution in [2.75, 3.05) is 5.32 Å². The van der Waals surface area contributed by atoms with Crippen molar-refractivity contribution in [1.29, 1.82) is 0 Å². The van der Waals surface area contributed by atoms with Crippen LogP contribution >= 0.6 is 0 Å². The maximum Gasteiger partial charge on any atom is 0.259 e. The van der Waals surface area contributed by atoms with Gasteiger partial charge in [0.2, 0.25) is 0 Å². The minimum Gasteiger partial charge on any atom is -0.374 e.